The number of hydrogen-bond donors (Lipinski definition) is 3. The molecule has 23 heteroatoms. The number of rotatable bonds is 13. The molecule has 0 spiro atoms. The van der Waals surface area contributed by atoms with Crippen molar-refractivity contribution in [3.63, 3.8) is 0 Å². The molecule has 0 amide bonds. The van der Waals surface area contributed by atoms with Gasteiger partial charge in [-0.3, -0.25) is 9.59 Å². The quantitative estimate of drug-likeness (QED) is 0.0562. The molecule has 448 valence electrons. The van der Waals surface area contributed by atoms with Gasteiger partial charge in [0.05, 0.1) is 77.9 Å². The summed E-state index contributed by atoms with van der Waals surface area (Å²) in [4.78, 5) is 38.4. The van der Waals surface area contributed by atoms with Crippen molar-refractivity contribution in [1.82, 2.24) is 0 Å². The Balaban J connectivity index is 0.000000130. The Morgan fingerprint density at radius 3 is 1.74 bits per heavy atom. The van der Waals surface area contributed by atoms with E-state index in [9.17, 15) is 24.6 Å². The molecule has 8 aromatic rings. The molecule has 9 heterocycles. The van der Waals surface area contributed by atoms with Gasteiger partial charge in [-0.05, 0) is 163 Å². The molecule has 0 radical (unpaired) electrons. The van der Waals surface area contributed by atoms with Gasteiger partial charge in [0, 0.05) is 63.9 Å². The van der Waals surface area contributed by atoms with Crippen molar-refractivity contribution in [2.24, 2.45) is 0 Å². The zero-order chi connectivity index (χ0) is 59.8. The lowest BCUT2D eigenvalue weighted by atomic mass is 9.94. The second kappa shape index (κ2) is 32.8. The first-order chi connectivity index (χ1) is 41.3. The number of ketones is 1. The SMILES string of the molecule is Brc1csc(C2OCCO2)c1.O=C(c1csc(C2OCCO2)c1)c1cc(Br)ccc1CCO.O=C1OCCc2ccc(Br)cc21.O=Cc1cc(C2OCCc3ccc(Br)cc32)cs1.OCCc1ccc(Br)cc1C(O)c1csc(C2OCCO2)c1. The fraction of sp³-hybridized carbons (Fsp3) is 0.306. The Morgan fingerprint density at radius 2 is 1.11 bits per heavy atom. The summed E-state index contributed by atoms with van der Waals surface area (Å²) in [5, 5.41) is 36.8. The highest BCUT2D eigenvalue weighted by atomic mass is 79.9. The van der Waals surface area contributed by atoms with Gasteiger partial charge in [0.15, 0.2) is 30.9 Å². The van der Waals surface area contributed by atoms with Crippen LogP contribution in [0.4, 0.5) is 0 Å². The van der Waals surface area contributed by atoms with Crippen molar-refractivity contribution in [3.05, 3.63) is 222 Å². The van der Waals surface area contributed by atoms with E-state index in [1.165, 1.54) is 45.1 Å². The summed E-state index contributed by atoms with van der Waals surface area (Å²) in [6.45, 7) is 5.09. The van der Waals surface area contributed by atoms with Gasteiger partial charge in [-0.25, -0.2) is 4.79 Å². The summed E-state index contributed by atoms with van der Waals surface area (Å²) in [5.74, 6) is -0.261. The zero-order valence-electron chi connectivity index (χ0n) is 45.3. The highest BCUT2D eigenvalue weighted by Crippen LogP contribution is 2.38. The van der Waals surface area contributed by atoms with Gasteiger partial charge < -0.3 is 53.2 Å². The van der Waals surface area contributed by atoms with Gasteiger partial charge in [0.25, 0.3) is 0 Å². The normalized spacial score (nSPS) is 16.9. The number of aldehydes is 1. The molecule has 4 aromatic heterocycles. The fourth-order valence-corrected chi connectivity index (χ4v) is 14.8. The maximum atomic E-state index is 12.7. The van der Waals surface area contributed by atoms with E-state index >= 15 is 0 Å². The summed E-state index contributed by atoms with van der Waals surface area (Å²) < 4.78 is 48.1. The minimum Gasteiger partial charge on any atom is -0.462 e. The lowest BCUT2D eigenvalue weighted by molar-refractivity contribution is -0.0415. The van der Waals surface area contributed by atoms with E-state index in [0.717, 1.165) is 101 Å². The van der Waals surface area contributed by atoms with E-state index < -0.39 is 6.10 Å². The van der Waals surface area contributed by atoms with Crippen molar-refractivity contribution >= 4 is 143 Å². The molecular formula is C62H57Br5O14S4. The minimum atomic E-state index is -0.731. The number of benzene rings is 4. The van der Waals surface area contributed by atoms with E-state index in [1.54, 1.807) is 23.5 Å². The van der Waals surface area contributed by atoms with Crippen LogP contribution >= 0.6 is 125 Å². The van der Waals surface area contributed by atoms with Gasteiger partial charge in [-0.2, -0.15) is 0 Å². The van der Waals surface area contributed by atoms with Crippen molar-refractivity contribution in [2.75, 3.05) is 66.1 Å². The molecule has 4 aromatic carbocycles. The van der Waals surface area contributed by atoms with E-state index in [0.29, 0.717) is 75.8 Å². The molecule has 2 unspecified atom stereocenters. The molecule has 3 saturated heterocycles. The standard InChI is InChI=1S/C16H17BrO4S.C16H15BrO4S.C14H11BrO2S.C9H7BrO2.C7H7BrO2S/c2*17-12-2-1-10(3-4-18)13(8-12)15(19)11-7-14(22-9-11)16-20-5-6-21-16;15-11-2-1-9-3-4-17-14(13(9)6-11)10-5-12(7-16)18-8-10;10-7-2-1-6-3-4-12-9(11)8(6)5-7;8-5-3-6(11-4-5)7-9-1-2-10-7/h1-2,7-9,15-16,18-19H,3-6H2;1-2,7-9,16,18H,3-6H2;1-2,5-8,14H,3-4H2;1-2,5H,3-4H2;3-4,7H,1-2H2. The maximum Gasteiger partial charge on any atom is 0.338 e. The highest BCUT2D eigenvalue weighted by molar-refractivity contribution is 9.11. The third-order valence-corrected chi connectivity index (χ3v) is 20.0. The molecule has 14 nitrogen and oxygen atoms in total. The first kappa shape index (κ1) is 65.9. The second-order valence-corrected chi connectivity index (χ2v) is 27.5. The van der Waals surface area contributed by atoms with Crippen LogP contribution in [0.3, 0.4) is 0 Å². The Labute approximate surface area is 550 Å². The van der Waals surface area contributed by atoms with Crippen LogP contribution in [0.5, 0.6) is 0 Å². The average molecular weight is 1550 g/mol. The Bertz CT molecular complexity index is 3510. The van der Waals surface area contributed by atoms with E-state index in [1.807, 2.05) is 88.3 Å². The number of carbonyl (C=O) groups excluding carboxylic acids is 3. The number of thiophene rings is 4. The third-order valence-electron chi connectivity index (χ3n) is 13.5. The smallest absolute Gasteiger partial charge is 0.338 e. The molecule has 5 aliphatic rings. The minimum absolute atomic E-state index is 0.0144. The Morgan fingerprint density at radius 1 is 0.553 bits per heavy atom. The third kappa shape index (κ3) is 18.1. The molecule has 2 atom stereocenters. The topological polar surface area (TPSA) is 186 Å². The van der Waals surface area contributed by atoms with Crippen LogP contribution in [-0.4, -0.2) is 99.4 Å². The molecule has 3 N–H and O–H groups in total. The van der Waals surface area contributed by atoms with Crippen LogP contribution < -0.4 is 0 Å². The van der Waals surface area contributed by atoms with E-state index in [4.69, 9.17) is 43.0 Å². The number of aliphatic hydroxyl groups excluding tert-OH is 3. The number of aliphatic hydroxyl groups is 3. The number of fused-ring (bicyclic) bond motifs is 2. The first-order valence-corrected chi connectivity index (χ1v) is 34.3. The molecule has 3 fully saturated rings. The number of ether oxygens (including phenoxy) is 8. The monoisotopic (exact) mass is 1550 g/mol. The number of esters is 1. The number of halogens is 5. The maximum absolute atomic E-state index is 12.7. The predicted octanol–water partition coefficient (Wildman–Crippen LogP) is 15.2. The first-order valence-electron chi connectivity index (χ1n) is 26.8. The van der Waals surface area contributed by atoms with Gasteiger partial charge in [-0.1, -0.05) is 88.0 Å². The van der Waals surface area contributed by atoms with E-state index in [2.05, 4.69) is 97.8 Å². The molecule has 0 aliphatic carbocycles. The van der Waals surface area contributed by atoms with Crippen molar-refractivity contribution in [1.29, 1.82) is 0 Å². The van der Waals surface area contributed by atoms with Crippen molar-refractivity contribution in [2.45, 2.75) is 56.8 Å². The lowest BCUT2D eigenvalue weighted by Gasteiger charge is -2.25. The van der Waals surface area contributed by atoms with Gasteiger partial charge in [0.1, 0.15) is 12.2 Å². The van der Waals surface area contributed by atoms with Gasteiger partial charge in [-0.15, -0.1) is 45.3 Å². The predicted molar refractivity (Wildman–Crippen MR) is 345 cm³/mol. The average Bonchev–Trinajstić information content (AvgIpc) is 4.54. The molecule has 85 heavy (non-hydrogen) atoms. The fourth-order valence-electron chi connectivity index (χ4n) is 9.40. The highest BCUT2D eigenvalue weighted by Gasteiger charge is 2.27. The van der Waals surface area contributed by atoms with Crippen molar-refractivity contribution in [3.8, 4) is 0 Å². The van der Waals surface area contributed by atoms with Crippen LogP contribution in [0.1, 0.15) is 126 Å². The zero-order valence-corrected chi connectivity index (χ0v) is 56.5. The number of hydrogen-bond acceptors (Lipinski definition) is 18. The van der Waals surface area contributed by atoms with Crippen LogP contribution in [0.2, 0.25) is 0 Å². The molecular weight excluding hydrogens is 1500 g/mol. The molecule has 5 aliphatic heterocycles. The number of carbonyl (C=O) groups is 3. The molecule has 13 rings (SSSR count). The van der Waals surface area contributed by atoms with Crippen LogP contribution in [0.15, 0.2) is 141 Å². The summed E-state index contributed by atoms with van der Waals surface area (Å²) in [7, 11) is 0. The summed E-state index contributed by atoms with van der Waals surface area (Å²) >= 11 is 23.1. The molecule has 0 saturated carbocycles. The lowest BCUT2D eigenvalue weighted by Crippen LogP contribution is -2.17. The van der Waals surface area contributed by atoms with E-state index in [-0.39, 0.29) is 49.9 Å². The van der Waals surface area contributed by atoms with Crippen LogP contribution in [0, 0.1) is 0 Å². The Kier molecular flexibility index (Phi) is 25.5. The van der Waals surface area contributed by atoms with Gasteiger partial charge >= 0.3 is 5.97 Å². The van der Waals surface area contributed by atoms with Crippen LogP contribution in [-0.2, 0) is 63.6 Å². The number of cyclic esters (lactones) is 1. The Hall–Kier alpha value is -3.51. The van der Waals surface area contributed by atoms with Gasteiger partial charge in [0.2, 0.25) is 0 Å². The van der Waals surface area contributed by atoms with Crippen molar-refractivity contribution < 1.29 is 67.6 Å². The summed E-state index contributed by atoms with van der Waals surface area (Å²) in [6, 6.07) is 31.0. The molecule has 0 bridgehead atoms. The summed E-state index contributed by atoms with van der Waals surface area (Å²) in [5.41, 5.74) is 10.0. The largest absolute Gasteiger partial charge is 0.462 e. The second-order valence-electron chi connectivity index (χ2n) is 19.2. The summed E-state index contributed by atoms with van der Waals surface area (Å²) in [6.07, 6.45) is 2.08. The van der Waals surface area contributed by atoms with Crippen LogP contribution in [0.25, 0.3) is 0 Å².